The largest absolute Gasteiger partial charge is 0.493 e. The topological polar surface area (TPSA) is 50.7 Å². The van der Waals surface area contributed by atoms with Gasteiger partial charge in [-0.1, -0.05) is 12.1 Å². The van der Waals surface area contributed by atoms with Gasteiger partial charge in [0.15, 0.2) is 11.5 Å². The second kappa shape index (κ2) is 7.45. The Labute approximate surface area is 132 Å². The molecule has 0 amide bonds. The van der Waals surface area contributed by atoms with E-state index in [-0.39, 0.29) is 6.61 Å². The van der Waals surface area contributed by atoms with Crippen LogP contribution in [-0.2, 0) is 13.2 Å². The van der Waals surface area contributed by atoms with Crippen molar-refractivity contribution >= 4 is 15.9 Å². The fourth-order valence-electron chi connectivity index (χ4n) is 1.95. The summed E-state index contributed by atoms with van der Waals surface area (Å²) in [5.41, 5.74) is 1.95. The van der Waals surface area contributed by atoms with Crippen LogP contribution in [0.1, 0.15) is 11.1 Å². The quantitative estimate of drug-likeness (QED) is 0.836. The molecule has 0 radical (unpaired) electrons. The molecule has 0 aliphatic heterocycles. The van der Waals surface area contributed by atoms with Crippen molar-refractivity contribution in [2.24, 2.45) is 0 Å². The number of aliphatic hydroxyl groups excluding tert-OH is 1. The average Bonchev–Trinajstić information content (AvgIpc) is 2.50. The van der Waals surface area contributed by atoms with Gasteiger partial charge in [-0.3, -0.25) is 0 Å². The van der Waals surface area contributed by atoms with Gasteiger partial charge in [-0.15, -0.1) is 0 Å². The third-order valence-electron chi connectivity index (χ3n) is 3.01. The van der Waals surface area contributed by atoms with Crippen molar-refractivity contribution in [2.75, 3.05) is 14.2 Å². The lowest BCUT2D eigenvalue weighted by atomic mass is 10.2. The molecule has 0 saturated carbocycles. The highest BCUT2D eigenvalue weighted by Crippen LogP contribution is 2.36. The van der Waals surface area contributed by atoms with E-state index < -0.39 is 0 Å². The van der Waals surface area contributed by atoms with Crippen LogP contribution in [0.5, 0.6) is 17.2 Å². The number of benzene rings is 2. The molecule has 112 valence electrons. The zero-order valence-corrected chi connectivity index (χ0v) is 13.6. The van der Waals surface area contributed by atoms with E-state index in [1.807, 2.05) is 25.2 Å². The van der Waals surface area contributed by atoms with Gasteiger partial charge in [-0.2, -0.15) is 0 Å². The lowest BCUT2D eigenvalue weighted by molar-refractivity contribution is 0.280. The van der Waals surface area contributed by atoms with E-state index in [1.54, 1.807) is 25.3 Å². The summed E-state index contributed by atoms with van der Waals surface area (Å²) in [6.45, 7) is 0.770. The Morgan fingerprint density at radius 2 is 1.76 bits per heavy atom. The molecule has 21 heavy (non-hydrogen) atoms. The maximum Gasteiger partial charge on any atom is 0.169 e. The second-order valence-corrected chi connectivity index (χ2v) is 5.39. The van der Waals surface area contributed by atoms with Crippen LogP contribution >= 0.6 is 15.9 Å². The number of rotatable bonds is 6. The summed E-state index contributed by atoms with van der Waals surface area (Å²) >= 11 is 3.52. The fraction of sp³-hybridized carbons (Fsp3) is 0.250. The zero-order chi connectivity index (χ0) is 15.2. The Kier molecular flexibility index (Phi) is 5.61. The molecular formula is C16H18BrNO3. The smallest absolute Gasteiger partial charge is 0.169 e. The van der Waals surface area contributed by atoms with E-state index >= 15 is 0 Å². The van der Waals surface area contributed by atoms with Gasteiger partial charge >= 0.3 is 0 Å². The summed E-state index contributed by atoms with van der Waals surface area (Å²) in [5.74, 6) is 1.91. The number of aliphatic hydroxyl groups is 1. The van der Waals surface area contributed by atoms with Crippen molar-refractivity contribution < 1.29 is 14.6 Å². The molecular weight excluding hydrogens is 334 g/mol. The standard InChI is InChI=1S/C16H18BrNO3/c1-18-9-11-3-5-14(13(17)7-11)21-15-6-4-12(10-19)8-16(15)20-2/h3-8,18-19H,9-10H2,1-2H3. The first-order valence-corrected chi connectivity index (χ1v) is 7.36. The summed E-state index contributed by atoms with van der Waals surface area (Å²) < 4.78 is 12.1. The van der Waals surface area contributed by atoms with Gasteiger partial charge in [0.25, 0.3) is 0 Å². The average molecular weight is 352 g/mol. The molecule has 2 aromatic carbocycles. The van der Waals surface area contributed by atoms with Crippen LogP contribution in [0.3, 0.4) is 0 Å². The van der Waals surface area contributed by atoms with Gasteiger partial charge in [0.1, 0.15) is 5.75 Å². The molecule has 0 unspecified atom stereocenters. The number of hydrogen-bond donors (Lipinski definition) is 2. The molecule has 0 aliphatic rings. The first kappa shape index (κ1) is 15.8. The zero-order valence-electron chi connectivity index (χ0n) is 12.0. The summed E-state index contributed by atoms with van der Waals surface area (Å²) in [7, 11) is 3.49. The lowest BCUT2D eigenvalue weighted by Crippen LogP contribution is -2.04. The molecule has 0 aromatic heterocycles. The van der Waals surface area contributed by atoms with Gasteiger partial charge in [0.2, 0.25) is 0 Å². The molecule has 0 fully saturated rings. The minimum atomic E-state index is -0.0287. The predicted molar refractivity (Wildman–Crippen MR) is 85.9 cm³/mol. The van der Waals surface area contributed by atoms with Crippen molar-refractivity contribution in [3.8, 4) is 17.2 Å². The molecule has 0 saturated heterocycles. The Balaban J connectivity index is 2.25. The van der Waals surface area contributed by atoms with Crippen molar-refractivity contribution in [2.45, 2.75) is 13.2 Å². The summed E-state index contributed by atoms with van der Waals surface area (Å²) in [4.78, 5) is 0. The first-order valence-electron chi connectivity index (χ1n) is 6.56. The highest BCUT2D eigenvalue weighted by molar-refractivity contribution is 9.10. The van der Waals surface area contributed by atoms with Crippen LogP contribution in [0, 0.1) is 0 Å². The van der Waals surface area contributed by atoms with Gasteiger partial charge in [0.05, 0.1) is 18.2 Å². The molecule has 0 atom stereocenters. The van der Waals surface area contributed by atoms with Gasteiger partial charge in [0, 0.05) is 6.54 Å². The minimum Gasteiger partial charge on any atom is -0.493 e. The molecule has 0 aliphatic carbocycles. The van der Waals surface area contributed by atoms with Crippen molar-refractivity contribution in [3.05, 3.63) is 52.0 Å². The van der Waals surface area contributed by atoms with Gasteiger partial charge in [-0.25, -0.2) is 0 Å². The van der Waals surface area contributed by atoms with E-state index in [1.165, 1.54) is 5.56 Å². The maximum atomic E-state index is 9.15. The molecule has 0 heterocycles. The molecule has 2 aromatic rings. The Morgan fingerprint density at radius 1 is 1.05 bits per heavy atom. The molecule has 2 rings (SSSR count). The van der Waals surface area contributed by atoms with E-state index in [0.717, 1.165) is 16.6 Å². The Hall–Kier alpha value is -1.56. The SMILES string of the molecule is CNCc1ccc(Oc2ccc(CO)cc2OC)c(Br)c1. The third-order valence-corrected chi connectivity index (χ3v) is 3.63. The van der Waals surface area contributed by atoms with Crippen LogP contribution < -0.4 is 14.8 Å². The second-order valence-electron chi connectivity index (χ2n) is 4.54. The van der Waals surface area contributed by atoms with E-state index in [2.05, 4.69) is 21.2 Å². The summed E-state index contributed by atoms with van der Waals surface area (Å²) in [6, 6.07) is 11.3. The fourth-order valence-corrected chi connectivity index (χ4v) is 2.46. The van der Waals surface area contributed by atoms with Crippen LogP contribution in [0.25, 0.3) is 0 Å². The van der Waals surface area contributed by atoms with E-state index in [4.69, 9.17) is 14.6 Å². The highest BCUT2D eigenvalue weighted by Gasteiger charge is 2.09. The predicted octanol–water partition coefficient (Wildman–Crippen LogP) is 3.46. The van der Waals surface area contributed by atoms with Crippen LogP contribution in [-0.4, -0.2) is 19.3 Å². The van der Waals surface area contributed by atoms with E-state index in [9.17, 15) is 0 Å². The number of nitrogens with one attached hydrogen (secondary N) is 1. The lowest BCUT2D eigenvalue weighted by Gasteiger charge is -2.13. The molecule has 5 heteroatoms. The maximum absolute atomic E-state index is 9.15. The molecule has 0 spiro atoms. The third kappa shape index (κ3) is 3.97. The van der Waals surface area contributed by atoms with Crippen LogP contribution in [0.15, 0.2) is 40.9 Å². The minimum absolute atomic E-state index is 0.0287. The van der Waals surface area contributed by atoms with Crippen molar-refractivity contribution in [3.63, 3.8) is 0 Å². The Bertz CT molecular complexity index is 616. The Morgan fingerprint density at radius 3 is 2.38 bits per heavy atom. The number of halogens is 1. The van der Waals surface area contributed by atoms with Crippen molar-refractivity contribution in [1.82, 2.24) is 5.32 Å². The molecule has 0 bridgehead atoms. The number of ether oxygens (including phenoxy) is 2. The van der Waals surface area contributed by atoms with Crippen molar-refractivity contribution in [1.29, 1.82) is 0 Å². The number of hydrogen-bond acceptors (Lipinski definition) is 4. The summed E-state index contributed by atoms with van der Waals surface area (Å²) in [6.07, 6.45) is 0. The molecule has 4 nitrogen and oxygen atoms in total. The highest BCUT2D eigenvalue weighted by atomic mass is 79.9. The number of methoxy groups -OCH3 is 1. The molecule has 2 N–H and O–H groups in total. The van der Waals surface area contributed by atoms with Gasteiger partial charge < -0.3 is 19.9 Å². The summed E-state index contributed by atoms with van der Waals surface area (Å²) in [5, 5.41) is 12.3. The first-order chi connectivity index (χ1) is 10.2. The monoisotopic (exact) mass is 351 g/mol. The van der Waals surface area contributed by atoms with Crippen LogP contribution in [0.4, 0.5) is 0 Å². The normalized spacial score (nSPS) is 10.5. The van der Waals surface area contributed by atoms with Crippen LogP contribution in [0.2, 0.25) is 0 Å². The van der Waals surface area contributed by atoms with Gasteiger partial charge in [-0.05, 0) is 58.4 Å². The van der Waals surface area contributed by atoms with E-state index in [0.29, 0.717) is 17.2 Å².